The lowest BCUT2D eigenvalue weighted by Crippen LogP contribution is -1.96. The van der Waals surface area contributed by atoms with E-state index in [9.17, 15) is 0 Å². The number of hydrogen-bond acceptors (Lipinski definition) is 2. The van der Waals surface area contributed by atoms with Crippen LogP contribution in [0.15, 0.2) is 146 Å². The van der Waals surface area contributed by atoms with E-state index in [1.807, 2.05) is 36.9 Å². The summed E-state index contributed by atoms with van der Waals surface area (Å²) in [6, 6.07) is 40.9. The summed E-state index contributed by atoms with van der Waals surface area (Å²) in [6.07, 6.45) is 9.66. The lowest BCUT2D eigenvalue weighted by Gasteiger charge is -2.13. The van der Waals surface area contributed by atoms with Crippen LogP contribution in [0.25, 0.3) is 66.3 Å². The van der Waals surface area contributed by atoms with Gasteiger partial charge >= 0.3 is 0 Å². The molecule has 0 aliphatic heterocycles. The molecule has 8 rings (SSSR count). The molecule has 0 radical (unpaired) electrons. The molecular formula is C36H24N4. The van der Waals surface area contributed by atoms with E-state index in [4.69, 9.17) is 0 Å². The van der Waals surface area contributed by atoms with Gasteiger partial charge in [-0.2, -0.15) is 0 Å². The second-order valence-electron chi connectivity index (χ2n) is 10.0. The molecule has 0 saturated carbocycles. The summed E-state index contributed by atoms with van der Waals surface area (Å²) in [5.74, 6) is 0. The second-order valence-corrected chi connectivity index (χ2v) is 10.0. The highest BCUT2D eigenvalue weighted by atomic mass is 15.0. The van der Waals surface area contributed by atoms with Crippen LogP contribution in [-0.2, 0) is 0 Å². The number of para-hydroxylation sites is 2. The van der Waals surface area contributed by atoms with E-state index >= 15 is 0 Å². The van der Waals surface area contributed by atoms with Gasteiger partial charge in [0.25, 0.3) is 0 Å². The average molecular weight is 513 g/mol. The molecular weight excluding hydrogens is 488 g/mol. The van der Waals surface area contributed by atoms with E-state index in [0.29, 0.717) is 0 Å². The summed E-state index contributed by atoms with van der Waals surface area (Å²) in [7, 11) is 0. The van der Waals surface area contributed by atoms with Gasteiger partial charge in [0.05, 0.1) is 16.6 Å². The first-order valence-corrected chi connectivity index (χ1v) is 13.4. The zero-order chi connectivity index (χ0) is 26.5. The number of rotatable bonds is 4. The minimum Gasteiger partial charge on any atom is -0.316 e. The van der Waals surface area contributed by atoms with Crippen LogP contribution >= 0.6 is 0 Å². The minimum atomic E-state index is 1.08. The van der Waals surface area contributed by atoms with Gasteiger partial charge in [0.15, 0.2) is 0 Å². The van der Waals surface area contributed by atoms with Crippen LogP contribution in [0.5, 0.6) is 0 Å². The Balaban J connectivity index is 1.45. The first kappa shape index (κ1) is 22.5. The molecule has 0 saturated heterocycles. The van der Waals surface area contributed by atoms with Crippen molar-refractivity contribution >= 4 is 32.7 Å². The van der Waals surface area contributed by atoms with Gasteiger partial charge in [-0.1, -0.05) is 54.6 Å². The van der Waals surface area contributed by atoms with E-state index < -0.39 is 0 Å². The van der Waals surface area contributed by atoms with Crippen molar-refractivity contribution in [3.8, 4) is 33.6 Å². The number of nitrogens with zero attached hydrogens (tertiary/aromatic N) is 4. The summed E-state index contributed by atoms with van der Waals surface area (Å²) in [6.45, 7) is 0. The van der Waals surface area contributed by atoms with Crippen molar-refractivity contribution in [2.75, 3.05) is 0 Å². The summed E-state index contributed by atoms with van der Waals surface area (Å²) >= 11 is 0. The lowest BCUT2D eigenvalue weighted by molar-refractivity contribution is 1.13. The minimum absolute atomic E-state index is 1.08. The van der Waals surface area contributed by atoms with Crippen LogP contribution in [0.4, 0.5) is 0 Å². The summed E-state index contributed by atoms with van der Waals surface area (Å²) < 4.78 is 4.70. The molecule has 0 atom stereocenters. The molecule has 0 amide bonds. The lowest BCUT2D eigenvalue weighted by atomic mass is 9.99. The van der Waals surface area contributed by atoms with Crippen molar-refractivity contribution in [3.05, 3.63) is 146 Å². The van der Waals surface area contributed by atoms with Crippen LogP contribution < -0.4 is 0 Å². The molecule has 0 aliphatic rings. The van der Waals surface area contributed by atoms with E-state index in [1.165, 1.54) is 32.7 Å². The monoisotopic (exact) mass is 512 g/mol. The fraction of sp³-hybridized carbons (Fsp3) is 0. The summed E-state index contributed by atoms with van der Waals surface area (Å²) in [4.78, 5) is 8.78. The molecule has 40 heavy (non-hydrogen) atoms. The number of aromatic nitrogens is 4. The van der Waals surface area contributed by atoms with Gasteiger partial charge in [-0.15, -0.1) is 0 Å². The molecule has 4 aromatic heterocycles. The van der Waals surface area contributed by atoms with Crippen LogP contribution in [0, 0.1) is 0 Å². The Morgan fingerprint density at radius 3 is 1.90 bits per heavy atom. The van der Waals surface area contributed by atoms with Gasteiger partial charge in [0.1, 0.15) is 0 Å². The normalized spacial score (nSPS) is 11.5. The van der Waals surface area contributed by atoms with Crippen molar-refractivity contribution in [1.29, 1.82) is 0 Å². The van der Waals surface area contributed by atoms with Gasteiger partial charge in [0, 0.05) is 69.6 Å². The molecule has 0 bridgehead atoms. The number of pyridine rings is 2. The zero-order valence-electron chi connectivity index (χ0n) is 21.6. The van der Waals surface area contributed by atoms with Gasteiger partial charge in [-0.3, -0.25) is 9.97 Å². The summed E-state index contributed by atoms with van der Waals surface area (Å²) in [5.41, 5.74) is 10.2. The number of benzene rings is 4. The fourth-order valence-electron chi connectivity index (χ4n) is 5.90. The SMILES string of the molecule is c1ccc(-n2c3ccccc3c3c4c(ccc32)ccn4-c2cc(-c3cccnc3)cc(-c3cccnc3)c2)cc1. The topological polar surface area (TPSA) is 35.6 Å². The molecule has 188 valence electrons. The molecule has 4 heteroatoms. The zero-order valence-corrected chi connectivity index (χ0v) is 21.6. The van der Waals surface area contributed by atoms with Gasteiger partial charge in [-0.25, -0.2) is 0 Å². The molecule has 4 heterocycles. The van der Waals surface area contributed by atoms with E-state index in [0.717, 1.165) is 33.6 Å². The standard InChI is InChI=1S/C36H24N4/c1-2-10-30(11-3-1)40-33-13-5-4-12-32(33)35-34(40)15-14-25-16-19-39(36(25)35)31-21-28(26-8-6-17-37-23-26)20-29(22-31)27-9-7-18-38-24-27/h1-24H. The Kier molecular flexibility index (Phi) is 5.10. The Bertz CT molecular complexity index is 2080. The van der Waals surface area contributed by atoms with Crippen LogP contribution in [0.3, 0.4) is 0 Å². The van der Waals surface area contributed by atoms with E-state index in [1.54, 1.807) is 0 Å². The average Bonchev–Trinajstić information content (AvgIpc) is 3.61. The molecule has 0 aliphatic carbocycles. The van der Waals surface area contributed by atoms with Crippen molar-refractivity contribution in [3.63, 3.8) is 0 Å². The molecule has 0 N–H and O–H groups in total. The van der Waals surface area contributed by atoms with E-state index in [-0.39, 0.29) is 0 Å². The molecule has 4 aromatic carbocycles. The van der Waals surface area contributed by atoms with Crippen LogP contribution in [-0.4, -0.2) is 19.1 Å². The first-order valence-electron chi connectivity index (χ1n) is 13.4. The van der Waals surface area contributed by atoms with Crippen LogP contribution in [0.2, 0.25) is 0 Å². The van der Waals surface area contributed by atoms with Gasteiger partial charge < -0.3 is 9.13 Å². The third-order valence-electron chi connectivity index (χ3n) is 7.69. The van der Waals surface area contributed by atoms with Crippen molar-refractivity contribution in [1.82, 2.24) is 19.1 Å². The molecule has 4 nitrogen and oxygen atoms in total. The number of fused-ring (bicyclic) bond motifs is 5. The Labute approximate surface area is 231 Å². The quantitative estimate of drug-likeness (QED) is 0.236. The van der Waals surface area contributed by atoms with Gasteiger partial charge in [0.2, 0.25) is 0 Å². The second kappa shape index (κ2) is 9.07. The maximum Gasteiger partial charge on any atom is 0.0628 e. The highest BCUT2D eigenvalue weighted by molar-refractivity contribution is 6.20. The highest BCUT2D eigenvalue weighted by Crippen LogP contribution is 2.39. The number of hydrogen-bond donors (Lipinski definition) is 0. The maximum atomic E-state index is 4.39. The smallest absolute Gasteiger partial charge is 0.0628 e. The predicted molar refractivity (Wildman–Crippen MR) is 164 cm³/mol. The third kappa shape index (κ3) is 3.54. The third-order valence-corrected chi connectivity index (χ3v) is 7.69. The Morgan fingerprint density at radius 1 is 0.500 bits per heavy atom. The molecule has 0 fully saturated rings. The van der Waals surface area contributed by atoms with E-state index in [2.05, 4.69) is 128 Å². The predicted octanol–water partition coefficient (Wildman–Crippen LogP) is 8.85. The summed E-state index contributed by atoms with van der Waals surface area (Å²) in [5, 5.41) is 3.69. The highest BCUT2D eigenvalue weighted by Gasteiger charge is 2.18. The Morgan fingerprint density at radius 2 is 1.20 bits per heavy atom. The van der Waals surface area contributed by atoms with Crippen molar-refractivity contribution in [2.24, 2.45) is 0 Å². The van der Waals surface area contributed by atoms with Crippen LogP contribution in [0.1, 0.15) is 0 Å². The Hall–Kier alpha value is -5.48. The fourth-order valence-corrected chi connectivity index (χ4v) is 5.90. The largest absolute Gasteiger partial charge is 0.316 e. The van der Waals surface area contributed by atoms with Crippen molar-refractivity contribution in [2.45, 2.75) is 0 Å². The molecule has 8 aromatic rings. The van der Waals surface area contributed by atoms with Gasteiger partial charge in [-0.05, 0) is 71.8 Å². The molecule has 0 spiro atoms. The first-order chi connectivity index (χ1) is 19.8. The molecule has 0 unspecified atom stereocenters. The maximum absolute atomic E-state index is 4.39. The van der Waals surface area contributed by atoms with Crippen molar-refractivity contribution < 1.29 is 0 Å².